The first-order valence-corrected chi connectivity index (χ1v) is 29.9. The molecule has 0 saturated carbocycles. The highest BCUT2D eigenvalue weighted by atomic mass is 19.1. The molecule has 6 aromatic rings. The van der Waals surface area contributed by atoms with Gasteiger partial charge in [-0.15, -0.1) is 15.3 Å². The minimum atomic E-state index is -1.75. The van der Waals surface area contributed by atoms with Gasteiger partial charge in [0.2, 0.25) is 36.5 Å². The van der Waals surface area contributed by atoms with Crippen LogP contribution in [0.5, 0.6) is 29.1 Å². The van der Waals surface area contributed by atoms with E-state index in [0.717, 1.165) is 28.2 Å². The first-order chi connectivity index (χ1) is 42.9. The van der Waals surface area contributed by atoms with Crippen LogP contribution < -0.4 is 23.7 Å². The first-order valence-electron chi connectivity index (χ1n) is 29.9. The lowest BCUT2D eigenvalue weighted by molar-refractivity contribution is -0.321. The minimum Gasteiger partial charge on any atom is -0.497 e. The van der Waals surface area contributed by atoms with Gasteiger partial charge in [-0.2, -0.15) is 0 Å². The van der Waals surface area contributed by atoms with E-state index >= 15 is 0 Å². The second kappa shape index (κ2) is 31.0. The maximum atomic E-state index is 14.5. The first kappa shape index (κ1) is 72.0. The molecule has 28 heteroatoms. The molecule has 15 atom stereocenters. The Hall–Kier alpha value is -6.45. The standard InChI is InChI=1S/C22H32N2O6.C21H29FN2O7.C20H27FN2O7/c1-11(2)24-14(5)16(9-15-7-6-12(3)13(4)8-15)21(23-24)30-22-20(28)19(27)18(26)17(10-25)29-22;1-10(2)24-11(3)13(7-12-5-6-15(29-4)14(22)8-12)20(23-24)31-21-19(28)18(27)17(26)16(9-25)30-21;1-9(2)23-10(3)13(7-11-5-6-12(28-4)8-14(11)21)18(22-23)29-20-17(26)15(24)16(25)19(27)30-20/h6-8,11,17-20,22,25-28H,9-10H2,1-5H3;5-6,8,10,16-19,21,25-28H,7,9H2,1-4H3;5-6,8-9,15-17,19-20,24-27H,7H2,1-4H3/t17-,18-,19+,20-,22+;16-,17-,18+,19-,21+;15-,16-,17+,19-,20+/m110/s1. The SMILES string of the molecule is COc1ccc(Cc2c(O[C@@H]3O[C@H](CO)[C@@H](O)[C@H](O)[C@H]3O)nn(C(C)C)c2C)cc1F.COc1ccc(Cc2c(O[C@@H]3O[C@H](O)[C@@H](O)[C@H](O)[C@H]3O)nn(C(C)C)c2C)c(F)c1.Cc1ccc(Cc2c(O[C@@H]3O[C@H](CO)[C@@H](O)[C@H](O)[C@H]3O)nn(C(C)C)c2C)cc1C. The molecule has 91 heavy (non-hydrogen) atoms. The summed E-state index contributed by atoms with van der Waals surface area (Å²) in [6, 6.07) is 15.5. The minimum absolute atomic E-state index is 0.00139. The van der Waals surface area contributed by atoms with Gasteiger partial charge in [-0.05, 0) is 122 Å². The molecule has 0 radical (unpaired) electrons. The third-order valence-corrected chi connectivity index (χ3v) is 16.3. The van der Waals surface area contributed by atoms with Gasteiger partial charge in [0.1, 0.15) is 78.7 Å². The molecule has 3 aliphatic rings. The lowest BCUT2D eigenvalue weighted by Gasteiger charge is -2.39. The third-order valence-electron chi connectivity index (χ3n) is 16.3. The Morgan fingerprint density at radius 3 is 1.24 bits per heavy atom. The highest BCUT2D eigenvalue weighted by Gasteiger charge is 2.48. The normalized spacial score (nSPS) is 26.7. The van der Waals surface area contributed by atoms with Gasteiger partial charge in [0.25, 0.3) is 0 Å². The van der Waals surface area contributed by atoms with Crippen LogP contribution in [0, 0.1) is 46.3 Å². The number of rotatable bonds is 19. The Labute approximate surface area is 525 Å². The zero-order valence-electron chi connectivity index (χ0n) is 53.2. The van der Waals surface area contributed by atoms with Gasteiger partial charge >= 0.3 is 0 Å². The lowest BCUT2D eigenvalue weighted by atomic mass is 9.99. The molecule has 504 valence electrons. The summed E-state index contributed by atoms with van der Waals surface area (Å²) in [7, 11) is 2.84. The third kappa shape index (κ3) is 16.3. The molecule has 0 spiro atoms. The number of aliphatic hydroxyl groups is 12. The van der Waals surface area contributed by atoms with Crippen LogP contribution in [0.25, 0.3) is 0 Å². The fourth-order valence-corrected chi connectivity index (χ4v) is 10.7. The van der Waals surface area contributed by atoms with Crippen LogP contribution in [0.4, 0.5) is 8.78 Å². The van der Waals surface area contributed by atoms with Gasteiger partial charge in [0.05, 0.1) is 27.4 Å². The maximum absolute atomic E-state index is 14.5. The van der Waals surface area contributed by atoms with Gasteiger partial charge in [-0.3, -0.25) is 14.0 Å². The van der Waals surface area contributed by atoms with E-state index in [1.807, 2.05) is 67.0 Å². The van der Waals surface area contributed by atoms with E-state index in [2.05, 4.69) is 47.3 Å². The van der Waals surface area contributed by atoms with E-state index in [9.17, 15) is 70.1 Å². The molecule has 0 amide bonds. The molecule has 3 aromatic carbocycles. The van der Waals surface area contributed by atoms with Crippen molar-refractivity contribution in [3.63, 3.8) is 0 Å². The summed E-state index contributed by atoms with van der Waals surface area (Å²) >= 11 is 0. The van der Waals surface area contributed by atoms with E-state index < -0.39 is 117 Å². The quantitative estimate of drug-likeness (QED) is 0.0554. The number of aryl methyl sites for hydroxylation is 2. The lowest BCUT2D eigenvalue weighted by Crippen LogP contribution is -2.60. The molecule has 3 aromatic heterocycles. The van der Waals surface area contributed by atoms with Crippen LogP contribution in [0.15, 0.2) is 54.6 Å². The molecule has 0 bridgehead atoms. The van der Waals surface area contributed by atoms with Crippen molar-refractivity contribution in [1.82, 2.24) is 29.3 Å². The Morgan fingerprint density at radius 2 is 0.857 bits per heavy atom. The number of methoxy groups -OCH3 is 2. The van der Waals surface area contributed by atoms with Crippen molar-refractivity contribution in [2.24, 2.45) is 0 Å². The summed E-state index contributed by atoms with van der Waals surface area (Å²) in [5.41, 5.74) is 9.04. The second-order valence-corrected chi connectivity index (χ2v) is 23.7. The van der Waals surface area contributed by atoms with E-state index in [1.165, 1.54) is 43.5 Å². The van der Waals surface area contributed by atoms with Crippen LogP contribution in [-0.4, -0.2) is 210 Å². The maximum Gasteiger partial charge on any atom is 0.239 e. The number of hydrogen-bond donors (Lipinski definition) is 12. The topological polar surface area (TPSA) is 370 Å². The largest absolute Gasteiger partial charge is 0.497 e. The van der Waals surface area contributed by atoms with Gasteiger partial charge in [0, 0.05) is 77.2 Å². The summed E-state index contributed by atoms with van der Waals surface area (Å²) in [5, 5.41) is 132. The van der Waals surface area contributed by atoms with Crippen molar-refractivity contribution in [1.29, 1.82) is 0 Å². The molecule has 12 N–H and O–H groups in total. The summed E-state index contributed by atoms with van der Waals surface area (Å²) in [4.78, 5) is 0. The number of aromatic nitrogens is 6. The van der Waals surface area contributed by atoms with Gasteiger partial charge in [-0.1, -0.05) is 30.3 Å². The predicted molar refractivity (Wildman–Crippen MR) is 321 cm³/mol. The summed E-state index contributed by atoms with van der Waals surface area (Å²) in [6.07, 6.45) is -21.0. The Kier molecular flexibility index (Phi) is 24.5. The number of nitrogens with zero attached hydrogens (tertiary/aromatic N) is 6. The molecule has 26 nitrogen and oxygen atoms in total. The number of hydrogen-bond acceptors (Lipinski definition) is 23. The number of halogens is 2. The molecule has 0 aliphatic carbocycles. The van der Waals surface area contributed by atoms with E-state index in [-0.39, 0.29) is 48.5 Å². The number of benzene rings is 3. The van der Waals surface area contributed by atoms with Crippen molar-refractivity contribution >= 4 is 0 Å². The highest BCUT2D eigenvalue weighted by Crippen LogP contribution is 2.35. The average molecular weight is 1290 g/mol. The Balaban J connectivity index is 0.000000194. The second-order valence-electron chi connectivity index (χ2n) is 23.7. The van der Waals surface area contributed by atoms with Crippen LogP contribution >= 0.6 is 0 Å². The molecule has 9 rings (SSSR count). The van der Waals surface area contributed by atoms with Crippen LogP contribution in [-0.2, 0) is 33.5 Å². The van der Waals surface area contributed by atoms with Crippen molar-refractivity contribution in [3.8, 4) is 29.1 Å². The molecule has 6 heterocycles. The molecule has 3 saturated heterocycles. The molecule has 0 unspecified atom stereocenters. The highest BCUT2D eigenvalue weighted by molar-refractivity contribution is 5.42. The van der Waals surface area contributed by atoms with Gasteiger partial charge in [-0.25, -0.2) is 8.78 Å². The number of aliphatic hydroxyl groups excluding tert-OH is 12. The van der Waals surface area contributed by atoms with Crippen LogP contribution in [0.2, 0.25) is 0 Å². The van der Waals surface area contributed by atoms with Crippen molar-refractivity contribution in [3.05, 3.63) is 128 Å². The molecule has 3 aliphatic heterocycles. The molecule has 3 fully saturated rings. The Morgan fingerprint density at radius 1 is 0.451 bits per heavy atom. The van der Waals surface area contributed by atoms with Crippen LogP contribution in [0.1, 0.15) is 121 Å². The molecular weight excluding hydrogens is 1200 g/mol. The van der Waals surface area contributed by atoms with Crippen molar-refractivity contribution < 1.29 is 108 Å². The fraction of sp³-hybridized carbons (Fsp3) is 0.571. The van der Waals surface area contributed by atoms with Gasteiger partial charge < -0.3 is 99.2 Å². The summed E-state index contributed by atoms with van der Waals surface area (Å²) < 4.78 is 77.3. The fourth-order valence-electron chi connectivity index (χ4n) is 10.7. The molecular formula is C63H88F2N6O20. The summed E-state index contributed by atoms with van der Waals surface area (Å²) in [6.45, 7) is 20.4. The van der Waals surface area contributed by atoms with Crippen molar-refractivity contribution in [2.45, 2.75) is 206 Å². The van der Waals surface area contributed by atoms with Crippen molar-refractivity contribution in [2.75, 3.05) is 27.4 Å². The van der Waals surface area contributed by atoms with E-state index in [1.54, 1.807) is 27.6 Å². The van der Waals surface area contributed by atoms with Gasteiger partial charge in [0.15, 0.2) is 17.9 Å². The Bertz CT molecular complexity index is 3360. The summed E-state index contributed by atoms with van der Waals surface area (Å²) in [5.74, 6) is 0.0794. The van der Waals surface area contributed by atoms with Crippen LogP contribution in [0.3, 0.4) is 0 Å². The zero-order valence-corrected chi connectivity index (χ0v) is 53.2. The van der Waals surface area contributed by atoms with E-state index in [4.69, 9.17) is 37.9 Å². The van der Waals surface area contributed by atoms with E-state index in [0.29, 0.717) is 40.3 Å². The number of ether oxygens (including phenoxy) is 8. The smallest absolute Gasteiger partial charge is 0.239 e. The predicted octanol–water partition coefficient (Wildman–Crippen LogP) is 2.50. The monoisotopic (exact) mass is 1290 g/mol. The average Bonchev–Trinajstić information content (AvgIpc) is 1.75. The zero-order chi connectivity index (χ0) is 67.2.